The van der Waals surface area contributed by atoms with E-state index in [0.717, 1.165) is 64.3 Å². The molecule has 254 valence electrons. The van der Waals surface area contributed by atoms with Gasteiger partial charge in [0, 0.05) is 39.8 Å². The number of hydrogen-bond donors (Lipinski definition) is 1. The molecule has 1 aliphatic carbocycles. The normalized spacial score (nSPS) is 16.5. The first kappa shape index (κ1) is 34.9. The summed E-state index contributed by atoms with van der Waals surface area (Å²) in [6.45, 7) is 17.3. The van der Waals surface area contributed by atoms with Crippen LogP contribution in [0.2, 0.25) is 0 Å². The molecule has 0 atom stereocenters. The second kappa shape index (κ2) is 15.7. The van der Waals surface area contributed by atoms with Crippen LogP contribution in [0.1, 0.15) is 56.7 Å². The Kier molecular flexibility index (Phi) is 10.8. The van der Waals surface area contributed by atoms with Crippen molar-refractivity contribution in [1.82, 2.24) is 4.57 Å². The van der Waals surface area contributed by atoms with Gasteiger partial charge in [-0.05, 0) is 127 Å². The van der Waals surface area contributed by atoms with E-state index in [-0.39, 0.29) is 0 Å². The minimum atomic E-state index is 0.790. The molecule has 5 aromatic rings. The summed E-state index contributed by atoms with van der Waals surface area (Å²) < 4.78 is 2.34. The van der Waals surface area contributed by atoms with E-state index in [1.807, 2.05) is 19.9 Å². The van der Waals surface area contributed by atoms with Gasteiger partial charge in [-0.1, -0.05) is 112 Å². The molecule has 0 spiro atoms. The van der Waals surface area contributed by atoms with Crippen LogP contribution in [0.5, 0.6) is 0 Å². The van der Waals surface area contributed by atoms with Gasteiger partial charge in [-0.3, -0.25) is 0 Å². The zero-order chi connectivity index (χ0) is 35.9. The molecule has 0 bridgehead atoms. The number of anilines is 1. The van der Waals surface area contributed by atoms with Crippen molar-refractivity contribution >= 4 is 44.9 Å². The topological polar surface area (TPSA) is 32.0 Å². The lowest BCUT2D eigenvalue weighted by Gasteiger charge is -2.30. The Morgan fingerprint density at radius 1 is 0.765 bits per heavy atom. The molecule has 3 heteroatoms. The number of aryl methyl sites for hydroxylation is 1. The SMILES string of the molecule is C=C(/C=C(\C=N)c1cccc(N2C(=C)/C=C(C)\C=C/CCC3=C2C=CC=CC3)c1)c1cccc(-n2c3ccccc3c3ccc(C)cc32)c1.CC. The van der Waals surface area contributed by atoms with Gasteiger partial charge < -0.3 is 14.9 Å². The Labute approximate surface area is 303 Å². The van der Waals surface area contributed by atoms with Crippen molar-refractivity contribution in [2.75, 3.05) is 4.90 Å². The molecule has 0 unspecified atom stereocenters. The van der Waals surface area contributed by atoms with Gasteiger partial charge in [-0.2, -0.15) is 0 Å². The summed E-state index contributed by atoms with van der Waals surface area (Å²) in [4.78, 5) is 2.26. The highest BCUT2D eigenvalue weighted by molar-refractivity contribution is 6.12. The molecule has 1 aliphatic heterocycles. The first-order valence-corrected chi connectivity index (χ1v) is 17.9. The summed E-state index contributed by atoms with van der Waals surface area (Å²) in [6, 6.07) is 32.2. The summed E-state index contributed by atoms with van der Waals surface area (Å²) in [5.41, 5.74) is 13.9. The Hall–Kier alpha value is -5.93. The van der Waals surface area contributed by atoms with E-state index in [1.54, 1.807) is 0 Å². The lowest BCUT2D eigenvalue weighted by atomic mass is 9.98. The molecule has 4 aromatic carbocycles. The lowest BCUT2D eigenvalue weighted by Crippen LogP contribution is -2.21. The number of hydrogen-bond acceptors (Lipinski definition) is 2. The third-order valence-electron chi connectivity index (χ3n) is 9.37. The third kappa shape index (κ3) is 7.34. The molecule has 0 fully saturated rings. The van der Waals surface area contributed by atoms with E-state index in [0.29, 0.717) is 0 Å². The average molecular weight is 666 g/mol. The fourth-order valence-corrected chi connectivity index (χ4v) is 6.99. The maximum Gasteiger partial charge on any atom is 0.0543 e. The maximum atomic E-state index is 8.47. The number of allylic oxidation sites excluding steroid dienone is 12. The van der Waals surface area contributed by atoms with Crippen molar-refractivity contribution in [3.63, 3.8) is 0 Å². The van der Waals surface area contributed by atoms with Crippen LogP contribution in [0.3, 0.4) is 0 Å². The van der Waals surface area contributed by atoms with Gasteiger partial charge in [-0.15, -0.1) is 0 Å². The third-order valence-corrected chi connectivity index (χ3v) is 9.37. The smallest absolute Gasteiger partial charge is 0.0543 e. The molecule has 1 N–H and O–H groups in total. The Morgan fingerprint density at radius 3 is 2.33 bits per heavy atom. The van der Waals surface area contributed by atoms with E-state index >= 15 is 0 Å². The van der Waals surface area contributed by atoms with Crippen molar-refractivity contribution in [3.05, 3.63) is 192 Å². The van der Waals surface area contributed by atoms with Crippen LogP contribution in [0.4, 0.5) is 5.69 Å². The van der Waals surface area contributed by atoms with Gasteiger partial charge in [0.25, 0.3) is 0 Å². The van der Waals surface area contributed by atoms with Crippen molar-refractivity contribution in [1.29, 1.82) is 5.41 Å². The van der Waals surface area contributed by atoms with Gasteiger partial charge >= 0.3 is 0 Å². The number of nitrogens with one attached hydrogen (secondary N) is 1. The number of nitrogens with zero attached hydrogens (tertiary/aromatic N) is 2. The van der Waals surface area contributed by atoms with Gasteiger partial charge in [0.15, 0.2) is 0 Å². The quantitative estimate of drug-likeness (QED) is 0.142. The summed E-state index contributed by atoms with van der Waals surface area (Å²) in [6.07, 6.45) is 21.6. The van der Waals surface area contributed by atoms with Crippen molar-refractivity contribution in [3.8, 4) is 5.69 Å². The molecule has 0 amide bonds. The highest BCUT2D eigenvalue weighted by atomic mass is 15.2. The van der Waals surface area contributed by atoms with Crippen LogP contribution in [0.25, 0.3) is 38.6 Å². The van der Waals surface area contributed by atoms with Crippen LogP contribution in [-0.4, -0.2) is 10.8 Å². The van der Waals surface area contributed by atoms with Gasteiger partial charge in [0.1, 0.15) is 0 Å². The predicted octanol–water partition coefficient (Wildman–Crippen LogP) is 13.3. The maximum absolute atomic E-state index is 8.47. The van der Waals surface area contributed by atoms with E-state index in [9.17, 15) is 0 Å². The van der Waals surface area contributed by atoms with E-state index < -0.39 is 0 Å². The fraction of sp³-hybridized carbons (Fsp3) is 0.146. The largest absolute Gasteiger partial charge is 0.311 e. The van der Waals surface area contributed by atoms with Crippen molar-refractivity contribution in [2.24, 2.45) is 0 Å². The van der Waals surface area contributed by atoms with Crippen molar-refractivity contribution in [2.45, 2.75) is 47.0 Å². The molecular weight excluding hydrogens is 619 g/mol. The molecule has 51 heavy (non-hydrogen) atoms. The van der Waals surface area contributed by atoms with Crippen LogP contribution in [0.15, 0.2) is 175 Å². The van der Waals surface area contributed by atoms with Gasteiger partial charge in [0.2, 0.25) is 0 Å². The number of aromatic nitrogens is 1. The Balaban J connectivity index is 0.00000220. The fourth-order valence-electron chi connectivity index (χ4n) is 6.99. The molecule has 3 nitrogen and oxygen atoms in total. The zero-order valence-corrected chi connectivity index (χ0v) is 30.3. The lowest BCUT2D eigenvalue weighted by molar-refractivity contribution is 0.907. The van der Waals surface area contributed by atoms with Crippen LogP contribution >= 0.6 is 0 Å². The van der Waals surface area contributed by atoms with Crippen LogP contribution < -0.4 is 4.90 Å². The summed E-state index contributed by atoms with van der Waals surface area (Å²) >= 11 is 0. The standard InChI is InChI=1S/C46H41N3.C2H6/c1-32-14-8-9-16-36-15-6-5-7-22-44(36)48(35(4)26-32)40-19-13-18-38(30-40)39(31-47)28-34(3)37-17-12-20-41(29-37)49-45-23-11-10-21-42(45)43-25-24-33(2)27-46(43)49;1-2/h5-8,10-14,17-31,47H,3-4,9,15-16H2,1-2H3;1-2H3/b14-8-,32-26-,39-28+,47-31?;. The molecule has 0 saturated heterocycles. The first-order chi connectivity index (χ1) is 24.9. The Bertz CT molecular complexity index is 2330. The average Bonchev–Trinajstić information content (AvgIpc) is 3.29. The molecule has 0 radical (unpaired) electrons. The molecule has 0 saturated carbocycles. The Morgan fingerprint density at radius 2 is 1.51 bits per heavy atom. The number of benzene rings is 4. The van der Waals surface area contributed by atoms with E-state index in [2.05, 4.69) is 170 Å². The second-order valence-electron chi connectivity index (χ2n) is 12.9. The molecule has 7 rings (SSSR count). The molecular formula is C48H47N3. The monoisotopic (exact) mass is 665 g/mol. The van der Waals surface area contributed by atoms with Crippen LogP contribution in [0, 0.1) is 12.3 Å². The summed E-state index contributed by atoms with van der Waals surface area (Å²) in [5, 5.41) is 10.9. The highest BCUT2D eigenvalue weighted by Crippen LogP contribution is 2.36. The number of fused-ring (bicyclic) bond motifs is 3. The zero-order valence-electron chi connectivity index (χ0n) is 30.3. The first-order valence-electron chi connectivity index (χ1n) is 17.9. The molecule has 1 aromatic heterocycles. The van der Waals surface area contributed by atoms with Gasteiger partial charge in [0.05, 0.1) is 11.0 Å². The van der Waals surface area contributed by atoms with E-state index in [4.69, 9.17) is 5.41 Å². The number of rotatable bonds is 6. The summed E-state index contributed by atoms with van der Waals surface area (Å²) in [5.74, 6) is 0. The minimum Gasteiger partial charge on any atom is -0.311 e. The van der Waals surface area contributed by atoms with Gasteiger partial charge in [-0.25, -0.2) is 0 Å². The predicted molar refractivity (Wildman–Crippen MR) is 223 cm³/mol. The summed E-state index contributed by atoms with van der Waals surface area (Å²) in [7, 11) is 0. The molecule has 2 aliphatic rings. The highest BCUT2D eigenvalue weighted by Gasteiger charge is 2.19. The second-order valence-corrected chi connectivity index (χ2v) is 12.9. The van der Waals surface area contributed by atoms with E-state index in [1.165, 1.54) is 44.7 Å². The van der Waals surface area contributed by atoms with Crippen LogP contribution in [-0.2, 0) is 0 Å². The number of para-hydroxylation sites is 1. The minimum absolute atomic E-state index is 0.790. The molecule has 2 heterocycles. The van der Waals surface area contributed by atoms with Crippen molar-refractivity contribution < 1.29 is 0 Å².